The Hall–Kier alpha value is -1.96. The monoisotopic (exact) mass is 490 g/mol. The fourth-order valence-corrected chi connectivity index (χ4v) is 5.86. The first-order chi connectivity index (χ1) is 15.1. The van der Waals surface area contributed by atoms with Crippen molar-refractivity contribution < 1.29 is 35.5 Å². The predicted octanol–water partition coefficient (Wildman–Crippen LogP) is 1.52. The smallest absolute Gasteiger partial charge is 0.241 e. The summed E-state index contributed by atoms with van der Waals surface area (Å²) in [7, 11) is -7.91. The van der Waals surface area contributed by atoms with Crippen LogP contribution < -0.4 is 9.44 Å². The first-order valence-corrected chi connectivity index (χ1v) is 12.9. The highest BCUT2D eigenvalue weighted by Crippen LogP contribution is 2.24. The van der Waals surface area contributed by atoms with Gasteiger partial charge in [-0.25, -0.2) is 35.1 Å². The molecule has 0 aromatic heterocycles. The molecular formula is C20H24F2N2O6S2. The number of benzene rings is 2. The number of aliphatic hydroxyl groups is 1. The van der Waals surface area contributed by atoms with Gasteiger partial charge in [-0.15, -0.1) is 0 Å². The average Bonchev–Trinajstić information content (AvgIpc) is 2.74. The van der Waals surface area contributed by atoms with Gasteiger partial charge in [0.1, 0.15) is 11.6 Å². The minimum absolute atomic E-state index is 0.0152. The normalized spacial score (nSPS) is 22.0. The van der Waals surface area contributed by atoms with Crippen molar-refractivity contribution in [2.75, 3.05) is 13.2 Å². The highest BCUT2D eigenvalue weighted by molar-refractivity contribution is 7.89. The maximum Gasteiger partial charge on any atom is 0.241 e. The molecule has 3 N–H and O–H groups in total. The van der Waals surface area contributed by atoms with Crippen molar-refractivity contribution in [3.63, 3.8) is 0 Å². The van der Waals surface area contributed by atoms with Gasteiger partial charge in [0.2, 0.25) is 20.0 Å². The summed E-state index contributed by atoms with van der Waals surface area (Å²) in [5.74, 6) is -1.35. The van der Waals surface area contributed by atoms with Crippen molar-refractivity contribution in [1.82, 2.24) is 9.44 Å². The van der Waals surface area contributed by atoms with Crippen LogP contribution >= 0.6 is 0 Å². The lowest BCUT2D eigenvalue weighted by molar-refractivity contribution is -0.0869. The number of sulfonamides is 2. The Morgan fingerprint density at radius 2 is 1.53 bits per heavy atom. The van der Waals surface area contributed by atoms with E-state index in [4.69, 9.17) is 4.74 Å². The van der Waals surface area contributed by atoms with Crippen LogP contribution in [0.5, 0.6) is 0 Å². The predicted molar refractivity (Wildman–Crippen MR) is 112 cm³/mol. The number of rotatable bonds is 9. The van der Waals surface area contributed by atoms with E-state index < -0.39 is 56.5 Å². The van der Waals surface area contributed by atoms with E-state index in [0.29, 0.717) is 12.8 Å². The minimum Gasteiger partial charge on any atom is -0.394 e. The summed E-state index contributed by atoms with van der Waals surface area (Å²) in [4.78, 5) is -0.426. The van der Waals surface area contributed by atoms with Crippen molar-refractivity contribution in [1.29, 1.82) is 0 Å². The number of hydrogen-bond acceptors (Lipinski definition) is 6. The first kappa shape index (κ1) is 24.7. The molecule has 1 fully saturated rings. The quantitative estimate of drug-likeness (QED) is 0.490. The molecule has 0 bridgehead atoms. The molecule has 3 atom stereocenters. The van der Waals surface area contributed by atoms with Crippen LogP contribution in [0, 0.1) is 11.6 Å². The van der Waals surface area contributed by atoms with Crippen LogP contribution in [0.1, 0.15) is 19.3 Å². The maximum atomic E-state index is 13.4. The molecule has 1 aliphatic heterocycles. The molecule has 2 aromatic carbocycles. The summed E-state index contributed by atoms with van der Waals surface area (Å²) < 4.78 is 86.8. The lowest BCUT2D eigenvalue weighted by Gasteiger charge is -2.36. The van der Waals surface area contributed by atoms with Gasteiger partial charge in [-0.05, 0) is 55.7 Å². The van der Waals surface area contributed by atoms with Crippen LogP contribution in [0.15, 0.2) is 58.3 Å². The molecule has 1 aliphatic rings. The van der Waals surface area contributed by atoms with E-state index in [1.165, 1.54) is 24.3 Å². The summed E-state index contributed by atoms with van der Waals surface area (Å²) >= 11 is 0. The largest absolute Gasteiger partial charge is 0.394 e. The zero-order chi connectivity index (χ0) is 23.4. The molecule has 3 rings (SSSR count). The molecule has 176 valence electrons. The van der Waals surface area contributed by atoms with Gasteiger partial charge >= 0.3 is 0 Å². The van der Waals surface area contributed by atoms with E-state index in [1.807, 2.05) is 0 Å². The van der Waals surface area contributed by atoms with Crippen LogP contribution in [-0.2, 0) is 24.8 Å². The topological polar surface area (TPSA) is 122 Å². The van der Waals surface area contributed by atoms with Gasteiger partial charge in [-0.2, -0.15) is 0 Å². The minimum atomic E-state index is -4.02. The molecule has 0 unspecified atom stereocenters. The first-order valence-electron chi connectivity index (χ1n) is 9.90. The Kier molecular flexibility index (Phi) is 7.96. The van der Waals surface area contributed by atoms with Crippen LogP contribution in [-0.4, -0.2) is 53.3 Å². The van der Waals surface area contributed by atoms with E-state index in [2.05, 4.69) is 9.44 Å². The number of hydrogen-bond donors (Lipinski definition) is 3. The standard InChI is InChI=1S/C20H24F2N2O6S2/c21-14-3-1-5-17(11-14)31(26,27)23-10-9-16-7-8-19(20(13-25)30-16)24-32(28,29)18-6-2-4-15(22)12-18/h1-6,11-12,16,19-20,23-25H,7-10,13H2/t16-,19+,20+/m1/s1. The summed E-state index contributed by atoms with van der Waals surface area (Å²) in [6, 6.07) is 8.47. The van der Waals surface area contributed by atoms with Crippen molar-refractivity contribution in [2.45, 2.75) is 47.3 Å². The fourth-order valence-electron chi connectivity index (χ4n) is 3.45. The van der Waals surface area contributed by atoms with Gasteiger partial charge in [-0.1, -0.05) is 12.1 Å². The van der Waals surface area contributed by atoms with Crippen LogP contribution in [0.4, 0.5) is 8.78 Å². The van der Waals surface area contributed by atoms with Gasteiger partial charge in [0.15, 0.2) is 0 Å². The molecule has 1 heterocycles. The molecule has 32 heavy (non-hydrogen) atoms. The summed E-state index contributed by atoms with van der Waals surface area (Å²) in [5, 5.41) is 9.65. The molecule has 2 aromatic rings. The van der Waals surface area contributed by atoms with E-state index in [9.17, 15) is 30.7 Å². The Labute approximate surface area is 185 Å². The van der Waals surface area contributed by atoms with Crippen LogP contribution in [0.2, 0.25) is 0 Å². The third kappa shape index (κ3) is 6.30. The fraction of sp³-hybridized carbons (Fsp3) is 0.400. The Morgan fingerprint density at radius 3 is 2.09 bits per heavy atom. The highest BCUT2D eigenvalue weighted by Gasteiger charge is 2.34. The average molecular weight is 491 g/mol. The molecule has 1 saturated heterocycles. The lowest BCUT2D eigenvalue weighted by atomic mass is 9.98. The van der Waals surface area contributed by atoms with E-state index in [0.717, 1.165) is 24.3 Å². The summed E-state index contributed by atoms with van der Waals surface area (Å²) in [6.07, 6.45) is -0.251. The molecule has 0 aliphatic carbocycles. The zero-order valence-electron chi connectivity index (χ0n) is 16.9. The summed E-state index contributed by atoms with van der Waals surface area (Å²) in [5.41, 5.74) is 0. The SMILES string of the molecule is O=S(=O)(NCC[C@H]1CC[C@H](NS(=O)(=O)c2cccc(F)c2)[C@H](CO)O1)c1cccc(F)c1. The van der Waals surface area contributed by atoms with Gasteiger partial charge in [0, 0.05) is 6.54 Å². The molecule has 12 heteroatoms. The molecule has 8 nitrogen and oxygen atoms in total. The number of nitrogens with one attached hydrogen (secondary N) is 2. The van der Waals surface area contributed by atoms with E-state index >= 15 is 0 Å². The third-order valence-electron chi connectivity index (χ3n) is 5.07. The Balaban J connectivity index is 1.55. The number of ether oxygens (including phenoxy) is 1. The molecule has 0 spiro atoms. The van der Waals surface area contributed by atoms with Crippen molar-refractivity contribution in [2.24, 2.45) is 0 Å². The number of aliphatic hydroxyl groups excluding tert-OH is 1. The van der Waals surface area contributed by atoms with Gasteiger partial charge < -0.3 is 9.84 Å². The van der Waals surface area contributed by atoms with E-state index in [-0.39, 0.29) is 22.8 Å². The third-order valence-corrected chi connectivity index (χ3v) is 8.02. The van der Waals surface area contributed by atoms with Crippen LogP contribution in [0.25, 0.3) is 0 Å². The Morgan fingerprint density at radius 1 is 0.938 bits per heavy atom. The molecule has 0 amide bonds. The molecule has 0 saturated carbocycles. The second-order valence-corrected chi connectivity index (χ2v) is 10.9. The summed E-state index contributed by atoms with van der Waals surface area (Å²) in [6.45, 7) is -0.441. The molecular weight excluding hydrogens is 466 g/mol. The van der Waals surface area contributed by atoms with Crippen molar-refractivity contribution in [3.05, 3.63) is 60.2 Å². The highest BCUT2D eigenvalue weighted by atomic mass is 32.2. The second-order valence-electron chi connectivity index (χ2n) is 7.39. The second kappa shape index (κ2) is 10.3. The zero-order valence-corrected chi connectivity index (χ0v) is 18.6. The Bertz CT molecular complexity index is 1140. The van der Waals surface area contributed by atoms with Crippen molar-refractivity contribution >= 4 is 20.0 Å². The van der Waals surface area contributed by atoms with Crippen molar-refractivity contribution in [3.8, 4) is 0 Å². The van der Waals surface area contributed by atoms with Gasteiger partial charge in [-0.3, -0.25) is 0 Å². The van der Waals surface area contributed by atoms with Gasteiger partial charge in [0.05, 0.1) is 34.6 Å². The van der Waals surface area contributed by atoms with Crippen LogP contribution in [0.3, 0.4) is 0 Å². The lowest BCUT2D eigenvalue weighted by Crippen LogP contribution is -2.51. The maximum absolute atomic E-state index is 13.4. The van der Waals surface area contributed by atoms with Gasteiger partial charge in [0.25, 0.3) is 0 Å². The molecule has 0 radical (unpaired) electrons. The van der Waals surface area contributed by atoms with E-state index in [1.54, 1.807) is 0 Å². The number of halogens is 2.